The molecule has 2 N–H and O–H groups in total. The fourth-order valence-electron chi connectivity index (χ4n) is 1.85. The van der Waals surface area contributed by atoms with Crippen LogP contribution >= 0.6 is 11.8 Å². The molecule has 0 aliphatic rings. The van der Waals surface area contributed by atoms with Crippen molar-refractivity contribution in [3.8, 4) is 0 Å². The van der Waals surface area contributed by atoms with Crippen LogP contribution in [0.25, 0.3) is 0 Å². The van der Waals surface area contributed by atoms with Gasteiger partial charge in [0.15, 0.2) is 0 Å². The van der Waals surface area contributed by atoms with Gasteiger partial charge in [-0.1, -0.05) is 30.3 Å². The van der Waals surface area contributed by atoms with Crippen LogP contribution in [0, 0.1) is 0 Å². The Bertz CT molecular complexity index is 626. The second-order valence-corrected chi connectivity index (χ2v) is 5.82. The average molecular weight is 315 g/mol. The largest absolute Gasteiger partial charge is 0.478 e. The molecule has 0 fully saturated rings. The van der Waals surface area contributed by atoms with E-state index in [0.717, 1.165) is 11.5 Å². The topological polar surface area (TPSA) is 66.4 Å². The third kappa shape index (κ3) is 5.26. The highest BCUT2D eigenvalue weighted by Crippen LogP contribution is 2.14. The SMILES string of the molecule is O=C(CCSCc1ccccc1)Nc1ccc(C(=O)O)cc1. The van der Waals surface area contributed by atoms with Crippen molar-refractivity contribution >= 4 is 29.3 Å². The van der Waals surface area contributed by atoms with Gasteiger partial charge >= 0.3 is 5.97 Å². The number of rotatable bonds is 7. The summed E-state index contributed by atoms with van der Waals surface area (Å²) < 4.78 is 0. The lowest BCUT2D eigenvalue weighted by atomic mass is 10.2. The van der Waals surface area contributed by atoms with Crippen molar-refractivity contribution in [2.75, 3.05) is 11.1 Å². The third-order valence-corrected chi connectivity index (χ3v) is 4.03. The molecule has 0 saturated heterocycles. The fourth-order valence-corrected chi connectivity index (χ4v) is 2.75. The molecular weight excluding hydrogens is 298 g/mol. The molecule has 2 aromatic rings. The molecule has 0 saturated carbocycles. The number of carbonyl (C=O) groups excluding carboxylic acids is 1. The summed E-state index contributed by atoms with van der Waals surface area (Å²) in [5.74, 6) is 0.592. The van der Waals surface area contributed by atoms with Crippen molar-refractivity contribution in [3.05, 3.63) is 65.7 Å². The standard InChI is InChI=1S/C17H17NO3S/c19-16(10-11-22-12-13-4-2-1-3-5-13)18-15-8-6-14(7-9-15)17(20)21/h1-9H,10-12H2,(H,18,19)(H,20,21). The van der Waals surface area contributed by atoms with Gasteiger partial charge < -0.3 is 10.4 Å². The summed E-state index contributed by atoms with van der Waals surface area (Å²) in [6, 6.07) is 16.3. The molecule has 0 atom stereocenters. The highest BCUT2D eigenvalue weighted by molar-refractivity contribution is 7.98. The Labute approximate surface area is 133 Å². The summed E-state index contributed by atoms with van der Waals surface area (Å²) in [4.78, 5) is 22.5. The summed E-state index contributed by atoms with van der Waals surface area (Å²) in [5.41, 5.74) is 2.07. The molecule has 0 unspecified atom stereocenters. The minimum absolute atomic E-state index is 0.0661. The molecule has 114 valence electrons. The van der Waals surface area contributed by atoms with Gasteiger partial charge in [0, 0.05) is 23.6 Å². The van der Waals surface area contributed by atoms with Crippen LogP contribution in [0.1, 0.15) is 22.3 Å². The lowest BCUT2D eigenvalue weighted by Gasteiger charge is -2.06. The lowest BCUT2D eigenvalue weighted by Crippen LogP contribution is -2.12. The van der Waals surface area contributed by atoms with Gasteiger partial charge in [0.1, 0.15) is 0 Å². The number of amides is 1. The Morgan fingerprint density at radius 1 is 1.00 bits per heavy atom. The second-order valence-electron chi connectivity index (χ2n) is 4.72. The normalized spacial score (nSPS) is 10.2. The van der Waals surface area contributed by atoms with Gasteiger partial charge in [-0.25, -0.2) is 4.79 Å². The molecule has 0 radical (unpaired) electrons. The maximum atomic E-state index is 11.8. The van der Waals surface area contributed by atoms with Crippen molar-refractivity contribution in [1.82, 2.24) is 0 Å². The summed E-state index contributed by atoms with van der Waals surface area (Å²) in [6.45, 7) is 0. The Hall–Kier alpha value is -2.27. The predicted octanol–water partition coefficient (Wildman–Crippen LogP) is 3.65. The number of hydrogen-bond donors (Lipinski definition) is 2. The molecule has 0 heterocycles. The molecule has 4 nitrogen and oxygen atoms in total. The Kier molecular flexibility index (Phi) is 6.03. The van der Waals surface area contributed by atoms with Crippen LogP contribution < -0.4 is 5.32 Å². The number of carbonyl (C=O) groups is 2. The monoisotopic (exact) mass is 315 g/mol. The van der Waals surface area contributed by atoms with Crippen molar-refractivity contribution < 1.29 is 14.7 Å². The maximum absolute atomic E-state index is 11.8. The van der Waals surface area contributed by atoms with E-state index >= 15 is 0 Å². The lowest BCUT2D eigenvalue weighted by molar-refractivity contribution is -0.115. The highest BCUT2D eigenvalue weighted by Gasteiger charge is 2.05. The molecule has 5 heteroatoms. The first-order valence-corrected chi connectivity index (χ1v) is 8.05. The first-order chi connectivity index (χ1) is 10.6. The van der Waals surface area contributed by atoms with Gasteiger partial charge in [-0.05, 0) is 29.8 Å². The van der Waals surface area contributed by atoms with Gasteiger partial charge in [0.05, 0.1) is 5.56 Å². The van der Waals surface area contributed by atoms with Crippen LogP contribution in [0.5, 0.6) is 0 Å². The molecule has 22 heavy (non-hydrogen) atoms. The van der Waals surface area contributed by atoms with Crippen LogP contribution in [-0.2, 0) is 10.5 Å². The Morgan fingerprint density at radius 3 is 2.32 bits per heavy atom. The van der Waals surface area contributed by atoms with E-state index in [-0.39, 0.29) is 11.5 Å². The predicted molar refractivity (Wildman–Crippen MR) is 89.3 cm³/mol. The van der Waals surface area contributed by atoms with Gasteiger partial charge in [-0.15, -0.1) is 0 Å². The minimum atomic E-state index is -0.977. The van der Waals surface area contributed by atoms with Gasteiger partial charge in [-0.3, -0.25) is 4.79 Å². The van der Waals surface area contributed by atoms with E-state index in [4.69, 9.17) is 5.11 Å². The van der Waals surface area contributed by atoms with E-state index in [1.807, 2.05) is 18.2 Å². The van der Waals surface area contributed by atoms with Gasteiger partial charge in [-0.2, -0.15) is 11.8 Å². The first kappa shape index (κ1) is 16.1. The summed E-state index contributed by atoms with van der Waals surface area (Å²) in [5, 5.41) is 11.6. The molecule has 2 aromatic carbocycles. The molecule has 0 aliphatic carbocycles. The van der Waals surface area contributed by atoms with Crippen LogP contribution in [0.15, 0.2) is 54.6 Å². The van der Waals surface area contributed by atoms with Crippen molar-refractivity contribution in [2.45, 2.75) is 12.2 Å². The van der Waals surface area contributed by atoms with E-state index in [9.17, 15) is 9.59 Å². The molecular formula is C17H17NO3S. The van der Waals surface area contributed by atoms with E-state index in [0.29, 0.717) is 12.1 Å². The Balaban J connectivity index is 1.70. The average Bonchev–Trinajstić information content (AvgIpc) is 2.53. The highest BCUT2D eigenvalue weighted by atomic mass is 32.2. The summed E-state index contributed by atoms with van der Waals surface area (Å²) in [6.07, 6.45) is 0.429. The second kappa shape index (κ2) is 8.24. The maximum Gasteiger partial charge on any atom is 0.335 e. The van der Waals surface area contributed by atoms with Crippen LogP contribution in [-0.4, -0.2) is 22.7 Å². The number of carboxylic acids is 1. The molecule has 0 spiro atoms. The molecule has 0 bridgehead atoms. The van der Waals surface area contributed by atoms with Crippen LogP contribution in [0.2, 0.25) is 0 Å². The van der Waals surface area contributed by atoms with Gasteiger partial charge in [0.2, 0.25) is 5.91 Å². The molecule has 0 aromatic heterocycles. The number of anilines is 1. The Morgan fingerprint density at radius 2 is 1.68 bits per heavy atom. The van der Waals surface area contributed by atoms with E-state index in [1.54, 1.807) is 23.9 Å². The first-order valence-electron chi connectivity index (χ1n) is 6.90. The van der Waals surface area contributed by atoms with E-state index in [1.165, 1.54) is 17.7 Å². The van der Waals surface area contributed by atoms with Crippen molar-refractivity contribution in [2.24, 2.45) is 0 Å². The number of carboxylic acid groups (broad SMARTS) is 1. The number of nitrogens with one attached hydrogen (secondary N) is 1. The number of benzene rings is 2. The van der Waals surface area contributed by atoms with Crippen LogP contribution in [0.3, 0.4) is 0 Å². The number of thioether (sulfide) groups is 1. The summed E-state index contributed by atoms with van der Waals surface area (Å²) >= 11 is 1.71. The third-order valence-electron chi connectivity index (χ3n) is 3.00. The fraction of sp³-hybridized carbons (Fsp3) is 0.176. The van der Waals surface area contributed by atoms with Crippen molar-refractivity contribution in [1.29, 1.82) is 0 Å². The zero-order valence-electron chi connectivity index (χ0n) is 12.0. The quantitative estimate of drug-likeness (QED) is 0.765. The molecule has 2 rings (SSSR count). The number of aromatic carboxylic acids is 1. The van der Waals surface area contributed by atoms with E-state index in [2.05, 4.69) is 17.4 Å². The molecule has 1 amide bonds. The van der Waals surface area contributed by atoms with Crippen LogP contribution in [0.4, 0.5) is 5.69 Å². The summed E-state index contributed by atoms with van der Waals surface area (Å²) in [7, 11) is 0. The van der Waals surface area contributed by atoms with Crippen molar-refractivity contribution in [3.63, 3.8) is 0 Å². The minimum Gasteiger partial charge on any atom is -0.478 e. The molecule has 0 aliphatic heterocycles. The zero-order valence-corrected chi connectivity index (χ0v) is 12.8. The van der Waals surface area contributed by atoms with E-state index < -0.39 is 5.97 Å². The zero-order chi connectivity index (χ0) is 15.8. The number of hydrogen-bond acceptors (Lipinski definition) is 3. The van der Waals surface area contributed by atoms with Gasteiger partial charge in [0.25, 0.3) is 0 Å². The smallest absolute Gasteiger partial charge is 0.335 e.